The molecule has 146 valence electrons. The summed E-state index contributed by atoms with van der Waals surface area (Å²) in [6.45, 7) is -0.454. The molecular weight excluding hydrogens is 391 g/mol. The van der Waals surface area contributed by atoms with Gasteiger partial charge in [-0.15, -0.1) is 0 Å². The number of sulfonamides is 1. The summed E-state index contributed by atoms with van der Waals surface area (Å²) in [5.41, 5.74) is 0.870. The van der Waals surface area contributed by atoms with Crippen LogP contribution in [0.1, 0.15) is 0 Å². The molecule has 0 saturated carbocycles. The predicted molar refractivity (Wildman–Crippen MR) is 97.4 cm³/mol. The molecular formula is C17H15FN4O5S. The van der Waals surface area contributed by atoms with E-state index in [9.17, 15) is 22.4 Å². The van der Waals surface area contributed by atoms with E-state index in [0.717, 1.165) is 28.6 Å². The molecule has 28 heavy (non-hydrogen) atoms. The zero-order chi connectivity index (χ0) is 20.3. The number of anilines is 1. The van der Waals surface area contributed by atoms with E-state index in [1.165, 1.54) is 7.05 Å². The molecule has 0 radical (unpaired) electrons. The molecule has 0 bridgehead atoms. The Kier molecular flexibility index (Phi) is 5.38. The third-order valence-corrected chi connectivity index (χ3v) is 5.57. The predicted octanol–water partition coefficient (Wildman–Crippen LogP) is 1.43. The van der Waals surface area contributed by atoms with Gasteiger partial charge in [-0.2, -0.15) is 4.31 Å². The van der Waals surface area contributed by atoms with Gasteiger partial charge in [-0.3, -0.25) is 14.3 Å². The number of amides is 1. The van der Waals surface area contributed by atoms with Crippen LogP contribution in [0.15, 0.2) is 62.7 Å². The quantitative estimate of drug-likeness (QED) is 0.638. The third-order valence-electron chi connectivity index (χ3n) is 3.75. The van der Waals surface area contributed by atoms with Gasteiger partial charge in [0.05, 0.1) is 11.4 Å². The van der Waals surface area contributed by atoms with Crippen molar-refractivity contribution < 1.29 is 22.1 Å². The van der Waals surface area contributed by atoms with Gasteiger partial charge in [0.25, 0.3) is 0 Å². The number of carbonyl (C=O) groups excluding carboxylic acids is 1. The van der Waals surface area contributed by atoms with Crippen LogP contribution in [-0.2, 0) is 14.8 Å². The fourth-order valence-corrected chi connectivity index (χ4v) is 3.50. The number of nitrogens with zero attached hydrogens (tertiary/aromatic N) is 2. The van der Waals surface area contributed by atoms with Crippen LogP contribution in [-0.4, -0.2) is 42.4 Å². The van der Waals surface area contributed by atoms with Gasteiger partial charge in [0.2, 0.25) is 15.9 Å². The lowest BCUT2D eigenvalue weighted by Gasteiger charge is -2.17. The number of benzene rings is 2. The Balaban J connectivity index is 1.70. The van der Waals surface area contributed by atoms with E-state index >= 15 is 0 Å². The van der Waals surface area contributed by atoms with Crippen molar-refractivity contribution in [3.8, 4) is 11.4 Å². The van der Waals surface area contributed by atoms with E-state index < -0.39 is 34.0 Å². The summed E-state index contributed by atoms with van der Waals surface area (Å²) in [6.07, 6.45) is 0. The normalized spacial score (nSPS) is 11.5. The van der Waals surface area contributed by atoms with E-state index in [1.807, 2.05) is 0 Å². The van der Waals surface area contributed by atoms with Crippen LogP contribution in [0.25, 0.3) is 11.4 Å². The molecule has 0 saturated heterocycles. The van der Waals surface area contributed by atoms with Crippen molar-refractivity contribution in [2.75, 3.05) is 18.9 Å². The number of halogens is 1. The maximum absolute atomic E-state index is 13.0. The first-order chi connectivity index (χ1) is 13.3. The van der Waals surface area contributed by atoms with Crippen molar-refractivity contribution in [1.82, 2.24) is 14.4 Å². The third kappa shape index (κ3) is 4.32. The molecule has 0 fully saturated rings. The Bertz CT molecular complexity index is 1150. The molecule has 2 aromatic carbocycles. The van der Waals surface area contributed by atoms with Crippen LogP contribution in [0.5, 0.6) is 0 Å². The molecule has 3 rings (SSSR count). The second kappa shape index (κ2) is 7.74. The standard InChI is InChI=1S/C17H15FN4O5S/c1-22(28(25,26)14-7-5-12(18)6-8-14)10-15(23)19-13-4-2-3-11(9-13)16-20-17(24)27-21-16/h2-9H,10H2,1H3,(H,19,23)(H,20,21,24). The number of aromatic amines is 1. The average molecular weight is 406 g/mol. The minimum Gasteiger partial charge on any atom is -0.325 e. The largest absolute Gasteiger partial charge is 0.439 e. The zero-order valence-electron chi connectivity index (χ0n) is 14.5. The van der Waals surface area contributed by atoms with Gasteiger partial charge >= 0.3 is 5.76 Å². The average Bonchev–Trinajstić information content (AvgIpc) is 3.08. The van der Waals surface area contributed by atoms with Gasteiger partial charge in [0.1, 0.15) is 5.82 Å². The highest BCUT2D eigenvalue weighted by molar-refractivity contribution is 7.89. The Morgan fingerprint density at radius 3 is 2.61 bits per heavy atom. The molecule has 0 unspecified atom stereocenters. The first kappa shape index (κ1) is 19.5. The van der Waals surface area contributed by atoms with E-state index in [2.05, 4.69) is 20.0 Å². The molecule has 0 atom stereocenters. The fourth-order valence-electron chi connectivity index (χ4n) is 2.37. The van der Waals surface area contributed by atoms with Crippen LogP contribution in [0, 0.1) is 5.82 Å². The van der Waals surface area contributed by atoms with Crippen LogP contribution >= 0.6 is 0 Å². The zero-order valence-corrected chi connectivity index (χ0v) is 15.4. The summed E-state index contributed by atoms with van der Waals surface area (Å²) in [7, 11) is -2.70. The maximum atomic E-state index is 13.0. The van der Waals surface area contributed by atoms with Crippen molar-refractivity contribution >= 4 is 21.6 Å². The molecule has 1 amide bonds. The molecule has 11 heteroatoms. The number of carbonyl (C=O) groups is 1. The molecule has 9 nitrogen and oxygen atoms in total. The molecule has 3 aromatic rings. The maximum Gasteiger partial charge on any atom is 0.439 e. The van der Waals surface area contributed by atoms with Crippen LogP contribution < -0.4 is 11.1 Å². The summed E-state index contributed by atoms with van der Waals surface area (Å²) in [6, 6.07) is 10.7. The van der Waals surface area contributed by atoms with Crippen LogP contribution in [0.2, 0.25) is 0 Å². The second-order valence-electron chi connectivity index (χ2n) is 5.79. The van der Waals surface area contributed by atoms with Gasteiger partial charge in [-0.05, 0) is 36.4 Å². The van der Waals surface area contributed by atoms with Gasteiger partial charge in [-0.25, -0.2) is 17.6 Å². The Morgan fingerprint density at radius 2 is 1.96 bits per heavy atom. The summed E-state index contributed by atoms with van der Waals surface area (Å²) in [5.74, 6) is -1.67. The van der Waals surface area contributed by atoms with E-state index in [0.29, 0.717) is 11.3 Å². The molecule has 0 aliphatic heterocycles. The van der Waals surface area contributed by atoms with Crippen molar-refractivity contribution in [1.29, 1.82) is 0 Å². The minimum absolute atomic E-state index is 0.124. The highest BCUT2D eigenvalue weighted by Gasteiger charge is 2.23. The number of aromatic nitrogens is 2. The number of likely N-dealkylation sites (N-methyl/N-ethyl adjacent to an activating group) is 1. The van der Waals surface area contributed by atoms with E-state index in [-0.39, 0.29) is 10.7 Å². The number of hydrogen-bond acceptors (Lipinski definition) is 6. The van der Waals surface area contributed by atoms with Crippen molar-refractivity contribution in [3.05, 3.63) is 64.9 Å². The smallest absolute Gasteiger partial charge is 0.325 e. The van der Waals surface area contributed by atoms with Gasteiger partial charge in [-0.1, -0.05) is 17.3 Å². The van der Waals surface area contributed by atoms with Crippen molar-refractivity contribution in [3.63, 3.8) is 0 Å². The lowest BCUT2D eigenvalue weighted by molar-refractivity contribution is -0.116. The number of rotatable bonds is 6. The molecule has 2 N–H and O–H groups in total. The van der Waals surface area contributed by atoms with E-state index in [4.69, 9.17) is 0 Å². The fraction of sp³-hybridized carbons (Fsp3) is 0.118. The lowest BCUT2D eigenvalue weighted by atomic mass is 10.2. The lowest BCUT2D eigenvalue weighted by Crippen LogP contribution is -2.34. The molecule has 1 heterocycles. The Labute approximate surface area is 158 Å². The molecule has 1 aromatic heterocycles. The molecule has 0 spiro atoms. The minimum atomic E-state index is -3.95. The van der Waals surface area contributed by atoms with E-state index in [1.54, 1.807) is 24.3 Å². The summed E-state index contributed by atoms with van der Waals surface area (Å²) < 4.78 is 43.2. The van der Waals surface area contributed by atoms with Gasteiger partial charge in [0, 0.05) is 18.3 Å². The Hall–Kier alpha value is -3.31. The molecule has 0 aliphatic rings. The first-order valence-corrected chi connectivity index (χ1v) is 9.38. The Morgan fingerprint density at radius 1 is 1.25 bits per heavy atom. The number of nitrogens with one attached hydrogen (secondary N) is 2. The van der Waals surface area contributed by atoms with Crippen LogP contribution in [0.4, 0.5) is 10.1 Å². The number of hydrogen-bond donors (Lipinski definition) is 2. The van der Waals surface area contributed by atoms with Gasteiger partial charge in [0.15, 0.2) is 5.82 Å². The first-order valence-electron chi connectivity index (χ1n) is 7.94. The van der Waals surface area contributed by atoms with Crippen LogP contribution in [0.3, 0.4) is 0 Å². The summed E-state index contributed by atoms with van der Waals surface area (Å²) in [4.78, 5) is 25.5. The second-order valence-corrected chi connectivity index (χ2v) is 7.83. The summed E-state index contributed by atoms with van der Waals surface area (Å²) in [5, 5.41) is 6.12. The summed E-state index contributed by atoms with van der Waals surface area (Å²) >= 11 is 0. The van der Waals surface area contributed by atoms with Crippen molar-refractivity contribution in [2.24, 2.45) is 0 Å². The highest BCUT2D eigenvalue weighted by Crippen LogP contribution is 2.19. The monoisotopic (exact) mass is 406 g/mol. The van der Waals surface area contributed by atoms with Crippen molar-refractivity contribution in [2.45, 2.75) is 4.90 Å². The number of H-pyrrole nitrogens is 1. The van der Waals surface area contributed by atoms with Gasteiger partial charge < -0.3 is 5.32 Å². The highest BCUT2D eigenvalue weighted by atomic mass is 32.2. The SMILES string of the molecule is CN(CC(=O)Nc1cccc(-c2noc(=O)[nH]2)c1)S(=O)(=O)c1ccc(F)cc1. The molecule has 0 aliphatic carbocycles. The topological polar surface area (TPSA) is 125 Å².